The van der Waals surface area contributed by atoms with E-state index in [0.29, 0.717) is 11.4 Å². The minimum absolute atomic E-state index is 0.101. The van der Waals surface area contributed by atoms with Gasteiger partial charge in [-0.05, 0) is 50.2 Å². The Hall–Kier alpha value is -3.93. The quantitative estimate of drug-likeness (QED) is 0.498. The summed E-state index contributed by atoms with van der Waals surface area (Å²) in [6, 6.07) is 22.7. The van der Waals surface area contributed by atoms with Gasteiger partial charge < -0.3 is 15.2 Å². The van der Waals surface area contributed by atoms with Crippen LogP contribution in [0, 0.1) is 13.8 Å². The van der Waals surface area contributed by atoms with E-state index in [4.69, 9.17) is 0 Å². The Morgan fingerprint density at radius 2 is 1.52 bits per heavy atom. The summed E-state index contributed by atoms with van der Waals surface area (Å²) in [4.78, 5) is 29.9. The van der Waals surface area contributed by atoms with Crippen molar-refractivity contribution in [1.29, 1.82) is 0 Å². The Balaban J connectivity index is 1.52. The number of hydrogen-bond acceptors (Lipinski definition) is 3. The summed E-state index contributed by atoms with van der Waals surface area (Å²) in [7, 11) is 0. The summed E-state index contributed by atoms with van der Waals surface area (Å²) in [5.41, 5.74) is 5.19. The van der Waals surface area contributed by atoms with Crippen LogP contribution in [0.1, 0.15) is 27.3 Å². The first-order valence-corrected chi connectivity index (χ1v) is 10.1. The van der Waals surface area contributed by atoms with Gasteiger partial charge in [-0.1, -0.05) is 47.5 Å². The predicted octanol–water partition coefficient (Wildman–Crippen LogP) is 4.22. The second kappa shape index (κ2) is 8.83. The van der Waals surface area contributed by atoms with Crippen LogP contribution in [-0.2, 0) is 17.9 Å². The zero-order chi connectivity index (χ0) is 21.8. The highest BCUT2D eigenvalue weighted by Crippen LogP contribution is 2.17. The number of rotatable bonds is 6. The number of fused-ring (bicyclic) bond motifs is 1. The van der Waals surface area contributed by atoms with Crippen molar-refractivity contribution in [2.24, 2.45) is 0 Å². The van der Waals surface area contributed by atoms with Crippen LogP contribution in [0.25, 0.3) is 11.0 Å². The fraction of sp³-hybridized carbons (Fsp3) is 0.160. The maximum Gasteiger partial charge on any atom is 0.251 e. The number of aromatic nitrogens is 2. The Kier molecular flexibility index (Phi) is 5.80. The van der Waals surface area contributed by atoms with Crippen molar-refractivity contribution in [2.45, 2.75) is 26.9 Å². The monoisotopic (exact) mass is 412 g/mol. The van der Waals surface area contributed by atoms with Gasteiger partial charge in [-0.15, -0.1) is 0 Å². The number of carbonyl (C=O) groups is 2. The Bertz CT molecular complexity index is 1220. The van der Waals surface area contributed by atoms with Gasteiger partial charge in [0.2, 0.25) is 5.91 Å². The number of nitrogens with zero attached hydrogens (tertiary/aromatic N) is 2. The first-order chi connectivity index (χ1) is 15.0. The van der Waals surface area contributed by atoms with Gasteiger partial charge in [0.25, 0.3) is 5.91 Å². The second-order valence-electron chi connectivity index (χ2n) is 7.57. The molecule has 2 N–H and O–H groups in total. The van der Waals surface area contributed by atoms with E-state index in [1.807, 2.05) is 79.1 Å². The average molecular weight is 412 g/mol. The van der Waals surface area contributed by atoms with Gasteiger partial charge in [-0.3, -0.25) is 9.59 Å². The SMILES string of the molecule is Cc1ccc(NC(=O)Cn2c(CNC(=O)c3ccc(C)cc3)nc3ccccc32)cc1. The Labute approximate surface area is 180 Å². The maximum absolute atomic E-state index is 12.7. The second-order valence-corrected chi connectivity index (χ2v) is 7.57. The minimum Gasteiger partial charge on any atom is -0.345 e. The van der Waals surface area contributed by atoms with Gasteiger partial charge in [0, 0.05) is 11.3 Å². The number of nitrogens with one attached hydrogen (secondary N) is 2. The van der Waals surface area contributed by atoms with Crippen molar-refractivity contribution in [3.05, 3.63) is 95.3 Å². The first-order valence-electron chi connectivity index (χ1n) is 10.1. The zero-order valence-electron chi connectivity index (χ0n) is 17.6. The highest BCUT2D eigenvalue weighted by molar-refractivity contribution is 5.94. The number of para-hydroxylation sites is 2. The molecule has 1 heterocycles. The number of hydrogen-bond donors (Lipinski definition) is 2. The fourth-order valence-electron chi connectivity index (χ4n) is 3.38. The van der Waals surface area contributed by atoms with E-state index in [2.05, 4.69) is 15.6 Å². The third kappa shape index (κ3) is 4.80. The van der Waals surface area contributed by atoms with E-state index in [1.54, 1.807) is 12.1 Å². The standard InChI is InChI=1S/C25H24N4O2/c1-17-7-11-19(12-8-17)25(31)26-15-23-28-21-5-3-4-6-22(21)29(23)16-24(30)27-20-13-9-18(2)10-14-20/h3-14H,15-16H2,1-2H3,(H,26,31)(H,27,30). The molecule has 0 aliphatic heterocycles. The molecule has 4 rings (SSSR count). The number of amides is 2. The maximum atomic E-state index is 12.7. The van der Waals surface area contributed by atoms with Crippen molar-refractivity contribution in [3.63, 3.8) is 0 Å². The van der Waals surface area contributed by atoms with Crippen LogP contribution in [0.2, 0.25) is 0 Å². The molecular formula is C25H24N4O2. The van der Waals surface area contributed by atoms with Crippen LogP contribution in [0.5, 0.6) is 0 Å². The van der Waals surface area contributed by atoms with Crippen LogP contribution < -0.4 is 10.6 Å². The van der Waals surface area contributed by atoms with Crippen LogP contribution in [0.3, 0.4) is 0 Å². The molecule has 1 aromatic heterocycles. The molecule has 6 nitrogen and oxygen atoms in total. The molecule has 6 heteroatoms. The minimum atomic E-state index is -0.178. The van der Waals surface area contributed by atoms with Crippen LogP contribution in [-0.4, -0.2) is 21.4 Å². The van der Waals surface area contributed by atoms with E-state index in [-0.39, 0.29) is 24.9 Å². The summed E-state index contributed by atoms with van der Waals surface area (Å²) in [5, 5.41) is 5.83. The van der Waals surface area contributed by atoms with Gasteiger partial charge in [-0.25, -0.2) is 4.98 Å². The van der Waals surface area contributed by atoms with Gasteiger partial charge >= 0.3 is 0 Å². The summed E-state index contributed by atoms with van der Waals surface area (Å²) >= 11 is 0. The van der Waals surface area contributed by atoms with Gasteiger partial charge in [0.05, 0.1) is 17.6 Å². The van der Waals surface area contributed by atoms with E-state index in [9.17, 15) is 9.59 Å². The Morgan fingerprint density at radius 3 is 2.23 bits per heavy atom. The summed E-state index contributed by atoms with van der Waals surface area (Å²) in [6.07, 6.45) is 0. The smallest absolute Gasteiger partial charge is 0.251 e. The number of aryl methyl sites for hydroxylation is 2. The number of benzene rings is 3. The van der Waals surface area contributed by atoms with Crippen molar-refractivity contribution in [1.82, 2.24) is 14.9 Å². The van der Waals surface area contributed by atoms with Crippen LogP contribution in [0.15, 0.2) is 72.8 Å². The molecule has 0 saturated carbocycles. The van der Waals surface area contributed by atoms with Crippen molar-refractivity contribution in [3.8, 4) is 0 Å². The third-order valence-electron chi connectivity index (χ3n) is 5.09. The fourth-order valence-corrected chi connectivity index (χ4v) is 3.38. The van der Waals surface area contributed by atoms with E-state index in [1.165, 1.54) is 0 Å². The lowest BCUT2D eigenvalue weighted by Gasteiger charge is -2.11. The molecule has 31 heavy (non-hydrogen) atoms. The molecule has 0 spiro atoms. The summed E-state index contributed by atoms with van der Waals surface area (Å²) < 4.78 is 1.84. The molecule has 0 saturated heterocycles. The van der Waals surface area contributed by atoms with Gasteiger partial charge in [0.15, 0.2) is 0 Å². The number of anilines is 1. The van der Waals surface area contributed by atoms with Gasteiger partial charge in [-0.2, -0.15) is 0 Å². The molecule has 0 aliphatic rings. The molecule has 4 aromatic rings. The van der Waals surface area contributed by atoms with Gasteiger partial charge in [0.1, 0.15) is 12.4 Å². The molecular weight excluding hydrogens is 388 g/mol. The third-order valence-corrected chi connectivity index (χ3v) is 5.09. The normalized spacial score (nSPS) is 10.8. The van der Waals surface area contributed by atoms with E-state index < -0.39 is 0 Å². The molecule has 3 aromatic carbocycles. The zero-order valence-corrected chi connectivity index (χ0v) is 17.6. The van der Waals surface area contributed by atoms with Crippen LogP contribution >= 0.6 is 0 Å². The first kappa shape index (κ1) is 20.3. The average Bonchev–Trinajstić information content (AvgIpc) is 3.11. The lowest BCUT2D eigenvalue weighted by molar-refractivity contribution is -0.116. The molecule has 0 atom stereocenters. The summed E-state index contributed by atoms with van der Waals surface area (Å²) in [5.74, 6) is 0.293. The number of carbonyl (C=O) groups excluding carboxylic acids is 2. The van der Waals surface area contributed by atoms with E-state index in [0.717, 1.165) is 27.8 Å². The molecule has 0 aliphatic carbocycles. The lowest BCUT2D eigenvalue weighted by Crippen LogP contribution is -2.26. The highest BCUT2D eigenvalue weighted by Gasteiger charge is 2.15. The highest BCUT2D eigenvalue weighted by atomic mass is 16.2. The van der Waals surface area contributed by atoms with Crippen molar-refractivity contribution in [2.75, 3.05) is 5.32 Å². The lowest BCUT2D eigenvalue weighted by atomic mass is 10.1. The van der Waals surface area contributed by atoms with Crippen LogP contribution in [0.4, 0.5) is 5.69 Å². The molecule has 0 bridgehead atoms. The topological polar surface area (TPSA) is 76.0 Å². The largest absolute Gasteiger partial charge is 0.345 e. The summed E-state index contributed by atoms with van der Waals surface area (Å²) in [6.45, 7) is 4.30. The molecule has 0 radical (unpaired) electrons. The Morgan fingerprint density at radius 1 is 0.871 bits per heavy atom. The molecule has 0 unspecified atom stereocenters. The predicted molar refractivity (Wildman–Crippen MR) is 122 cm³/mol. The molecule has 156 valence electrons. The van der Waals surface area contributed by atoms with E-state index >= 15 is 0 Å². The molecule has 2 amide bonds. The van der Waals surface area contributed by atoms with Crippen molar-refractivity contribution < 1.29 is 9.59 Å². The number of imidazole rings is 1. The van der Waals surface area contributed by atoms with Crippen molar-refractivity contribution >= 4 is 28.5 Å². The molecule has 0 fully saturated rings.